The van der Waals surface area contributed by atoms with Gasteiger partial charge in [0.05, 0.1) is 12.2 Å². The van der Waals surface area contributed by atoms with Crippen molar-refractivity contribution in [3.8, 4) is 0 Å². The lowest BCUT2D eigenvalue weighted by Crippen LogP contribution is -2.31. The molecule has 2 heterocycles. The molecule has 8 heteroatoms. The maximum Gasteiger partial charge on any atom is 0.358 e. The molecule has 0 saturated carbocycles. The summed E-state index contributed by atoms with van der Waals surface area (Å²) in [4.78, 5) is 23.7. The van der Waals surface area contributed by atoms with Crippen molar-refractivity contribution in [3.63, 3.8) is 0 Å². The summed E-state index contributed by atoms with van der Waals surface area (Å²) in [6.45, 7) is 1.94. The van der Waals surface area contributed by atoms with E-state index in [1.54, 1.807) is 11.3 Å². The van der Waals surface area contributed by atoms with Crippen LogP contribution in [-0.2, 0) is 11.3 Å². The van der Waals surface area contributed by atoms with Gasteiger partial charge in [0.25, 0.3) is 0 Å². The van der Waals surface area contributed by atoms with E-state index < -0.39 is 5.97 Å². The van der Waals surface area contributed by atoms with Gasteiger partial charge in [-0.1, -0.05) is 18.2 Å². The molecule has 0 fully saturated rings. The summed E-state index contributed by atoms with van der Waals surface area (Å²) in [5.41, 5.74) is -0.178. The second kappa shape index (κ2) is 6.29. The van der Waals surface area contributed by atoms with Crippen molar-refractivity contribution in [1.29, 1.82) is 0 Å². The van der Waals surface area contributed by atoms with E-state index in [2.05, 4.69) is 15.6 Å². The maximum absolute atomic E-state index is 11.9. The Balaban J connectivity index is 1.95. The third kappa shape index (κ3) is 3.41. The first kappa shape index (κ1) is 14.2. The first-order valence-corrected chi connectivity index (χ1v) is 6.94. The molecule has 0 radical (unpaired) electrons. The van der Waals surface area contributed by atoms with Gasteiger partial charge in [0.2, 0.25) is 5.91 Å². The third-order valence-corrected chi connectivity index (χ3v) is 3.68. The Bertz CT molecular complexity index is 594. The van der Waals surface area contributed by atoms with Gasteiger partial charge in [0, 0.05) is 4.88 Å². The molecule has 106 valence electrons. The maximum atomic E-state index is 11.9. The molecule has 0 aliphatic heterocycles. The quantitative estimate of drug-likeness (QED) is 0.837. The summed E-state index contributed by atoms with van der Waals surface area (Å²) in [6, 6.07) is 3.87. The molecule has 2 aromatic heterocycles. The van der Waals surface area contributed by atoms with E-state index >= 15 is 0 Å². The van der Waals surface area contributed by atoms with Crippen molar-refractivity contribution in [2.75, 3.05) is 0 Å². The fourth-order valence-corrected chi connectivity index (χ4v) is 2.59. The Morgan fingerprint density at radius 2 is 2.35 bits per heavy atom. The van der Waals surface area contributed by atoms with Gasteiger partial charge < -0.3 is 10.4 Å². The molecule has 2 N–H and O–H groups in total. The number of aromatic carboxylic acids is 1. The van der Waals surface area contributed by atoms with E-state index in [0.29, 0.717) is 0 Å². The molecule has 1 unspecified atom stereocenters. The average molecular weight is 294 g/mol. The van der Waals surface area contributed by atoms with Crippen LogP contribution in [0, 0.1) is 0 Å². The highest BCUT2D eigenvalue weighted by molar-refractivity contribution is 7.10. The molecule has 0 spiro atoms. The molecule has 0 saturated heterocycles. The number of rotatable bonds is 6. The Kier molecular flexibility index (Phi) is 4.46. The van der Waals surface area contributed by atoms with Crippen molar-refractivity contribution >= 4 is 23.2 Å². The third-order valence-electron chi connectivity index (χ3n) is 2.69. The second-order valence-corrected chi connectivity index (χ2v) is 5.13. The highest BCUT2D eigenvalue weighted by Gasteiger charge is 2.15. The van der Waals surface area contributed by atoms with Crippen LogP contribution in [0.2, 0.25) is 0 Å². The van der Waals surface area contributed by atoms with Gasteiger partial charge in [0.15, 0.2) is 5.69 Å². The first-order chi connectivity index (χ1) is 9.60. The van der Waals surface area contributed by atoms with E-state index in [1.165, 1.54) is 10.9 Å². The highest BCUT2D eigenvalue weighted by Crippen LogP contribution is 2.21. The minimum Gasteiger partial charge on any atom is -0.476 e. The zero-order valence-electron chi connectivity index (χ0n) is 10.8. The molecule has 0 aliphatic carbocycles. The number of thiophene rings is 1. The van der Waals surface area contributed by atoms with Crippen LogP contribution in [0.25, 0.3) is 0 Å². The lowest BCUT2D eigenvalue weighted by atomic mass is 10.2. The summed E-state index contributed by atoms with van der Waals surface area (Å²) in [6.07, 6.45) is 2.01. The molecule has 7 nitrogen and oxygen atoms in total. The normalized spacial score (nSPS) is 12.1. The van der Waals surface area contributed by atoms with Crippen LogP contribution in [0.1, 0.15) is 34.8 Å². The topological polar surface area (TPSA) is 97.1 Å². The second-order valence-electron chi connectivity index (χ2n) is 4.15. The van der Waals surface area contributed by atoms with Gasteiger partial charge in [-0.05, 0) is 17.9 Å². The van der Waals surface area contributed by atoms with Crippen LogP contribution in [0.3, 0.4) is 0 Å². The van der Waals surface area contributed by atoms with Gasteiger partial charge >= 0.3 is 5.97 Å². The van der Waals surface area contributed by atoms with Crippen molar-refractivity contribution in [1.82, 2.24) is 20.3 Å². The summed E-state index contributed by atoms with van der Waals surface area (Å²) < 4.78 is 1.21. The molecule has 20 heavy (non-hydrogen) atoms. The lowest BCUT2D eigenvalue weighted by molar-refractivity contribution is -0.122. The molecule has 0 aromatic carbocycles. The number of nitrogens with one attached hydrogen (secondary N) is 1. The van der Waals surface area contributed by atoms with Gasteiger partial charge in [-0.2, -0.15) is 0 Å². The Hall–Kier alpha value is -2.22. The highest BCUT2D eigenvalue weighted by atomic mass is 32.1. The molecular weight excluding hydrogens is 280 g/mol. The van der Waals surface area contributed by atoms with Gasteiger partial charge in [-0.25, -0.2) is 9.48 Å². The largest absolute Gasteiger partial charge is 0.476 e. The zero-order valence-corrected chi connectivity index (χ0v) is 11.6. The van der Waals surface area contributed by atoms with Crippen LogP contribution >= 0.6 is 11.3 Å². The number of amides is 1. The Morgan fingerprint density at radius 1 is 1.55 bits per heavy atom. The van der Waals surface area contributed by atoms with Crippen LogP contribution < -0.4 is 5.32 Å². The summed E-state index contributed by atoms with van der Waals surface area (Å²) in [5, 5.41) is 20.6. The number of aromatic nitrogens is 3. The van der Waals surface area contributed by atoms with Crippen LogP contribution in [0.5, 0.6) is 0 Å². The molecule has 2 aromatic rings. The molecular formula is C12H14N4O3S. The SMILES string of the molecule is CCC(NC(=O)Cn1cc(C(=O)O)nn1)c1cccs1. The fraction of sp³-hybridized carbons (Fsp3) is 0.333. The number of carboxylic acid groups (broad SMARTS) is 1. The predicted molar refractivity (Wildman–Crippen MR) is 72.5 cm³/mol. The number of hydrogen-bond donors (Lipinski definition) is 2. The van der Waals surface area contributed by atoms with Crippen molar-refractivity contribution < 1.29 is 14.7 Å². The van der Waals surface area contributed by atoms with Crippen LogP contribution in [0.4, 0.5) is 0 Å². The number of carbonyl (C=O) groups is 2. The Morgan fingerprint density at radius 3 is 2.90 bits per heavy atom. The van der Waals surface area contributed by atoms with E-state index in [1.807, 2.05) is 24.4 Å². The summed E-state index contributed by atoms with van der Waals surface area (Å²) >= 11 is 1.58. The minimum absolute atomic E-state index is 0.0371. The standard InChI is InChI=1S/C12H14N4O3S/c1-2-8(10-4-3-5-20-10)13-11(17)7-16-6-9(12(18)19)14-15-16/h3-6,8H,2,7H2,1H3,(H,13,17)(H,18,19). The zero-order chi connectivity index (χ0) is 14.5. The van der Waals surface area contributed by atoms with Crippen molar-refractivity contribution in [2.24, 2.45) is 0 Å². The van der Waals surface area contributed by atoms with Crippen LogP contribution in [-0.4, -0.2) is 32.0 Å². The minimum atomic E-state index is -1.17. The molecule has 0 aliphatic rings. The molecule has 0 bridgehead atoms. The molecule has 1 atom stereocenters. The smallest absolute Gasteiger partial charge is 0.358 e. The van der Waals surface area contributed by atoms with E-state index in [-0.39, 0.29) is 24.2 Å². The lowest BCUT2D eigenvalue weighted by Gasteiger charge is -2.15. The van der Waals surface area contributed by atoms with Crippen LogP contribution in [0.15, 0.2) is 23.7 Å². The molecule has 2 rings (SSSR count). The fourth-order valence-electron chi connectivity index (χ4n) is 1.72. The average Bonchev–Trinajstić information content (AvgIpc) is 3.06. The van der Waals surface area contributed by atoms with Crippen molar-refractivity contribution in [3.05, 3.63) is 34.3 Å². The monoisotopic (exact) mass is 294 g/mol. The van der Waals surface area contributed by atoms with Crippen molar-refractivity contribution in [2.45, 2.75) is 25.9 Å². The van der Waals surface area contributed by atoms with Gasteiger partial charge in [-0.3, -0.25) is 4.79 Å². The van der Waals surface area contributed by atoms with E-state index in [9.17, 15) is 9.59 Å². The number of carbonyl (C=O) groups excluding carboxylic acids is 1. The van der Waals surface area contributed by atoms with Gasteiger partial charge in [-0.15, -0.1) is 16.4 Å². The van der Waals surface area contributed by atoms with Gasteiger partial charge in [0.1, 0.15) is 6.54 Å². The summed E-state index contributed by atoms with van der Waals surface area (Å²) in [5.74, 6) is -1.39. The Labute approximate surface area is 119 Å². The number of nitrogens with zero attached hydrogens (tertiary/aromatic N) is 3. The molecule has 1 amide bonds. The first-order valence-electron chi connectivity index (χ1n) is 6.06. The van der Waals surface area contributed by atoms with E-state index in [4.69, 9.17) is 5.11 Å². The van der Waals surface area contributed by atoms with E-state index in [0.717, 1.165) is 11.3 Å². The number of carboxylic acids is 1. The predicted octanol–water partition coefficient (Wildman–Crippen LogP) is 1.31. The summed E-state index contributed by atoms with van der Waals surface area (Å²) in [7, 11) is 0. The number of hydrogen-bond acceptors (Lipinski definition) is 5.